The van der Waals surface area contributed by atoms with Crippen LogP contribution in [0.3, 0.4) is 0 Å². The van der Waals surface area contributed by atoms with Crippen molar-refractivity contribution in [1.29, 1.82) is 0 Å². The molecule has 0 spiro atoms. The molecule has 1 heterocycles. The number of anilines is 1. The molecule has 0 bridgehead atoms. The lowest BCUT2D eigenvalue weighted by atomic mass is 10.0. The van der Waals surface area contributed by atoms with E-state index in [1.54, 1.807) is 0 Å². The van der Waals surface area contributed by atoms with Gasteiger partial charge in [-0.15, -0.1) is 0 Å². The average Bonchev–Trinajstić information content (AvgIpc) is 2.64. The van der Waals surface area contributed by atoms with E-state index in [1.807, 2.05) is 0 Å². The van der Waals surface area contributed by atoms with Gasteiger partial charge in [-0.25, -0.2) is 9.59 Å². The number of nitrogens with zero attached hydrogens (tertiary/aromatic N) is 2. The Bertz CT molecular complexity index is 664. The predicted molar refractivity (Wildman–Crippen MR) is 89.3 cm³/mol. The molecule has 144 valence electrons. The molecule has 0 aromatic heterocycles. The molecule has 10 heteroatoms. The number of carbonyl (C=O) groups excluding carboxylic acids is 1. The number of methoxy groups -OCH3 is 2. The number of aliphatic carboxylic acids is 1. The van der Waals surface area contributed by atoms with Crippen LogP contribution in [0, 0.1) is 5.21 Å². The van der Waals surface area contributed by atoms with Crippen LogP contribution in [0.25, 0.3) is 0 Å². The van der Waals surface area contributed by atoms with Crippen LogP contribution in [0.1, 0.15) is 24.8 Å². The summed E-state index contributed by atoms with van der Waals surface area (Å²) in [7, 11) is 2.77. The van der Waals surface area contributed by atoms with Gasteiger partial charge >= 0.3 is 12.1 Å². The largest absolute Gasteiger partial charge is 0.733 e. The molecule has 1 aliphatic heterocycles. The maximum atomic E-state index is 12.3. The number of piperidine rings is 1. The van der Waals surface area contributed by atoms with Crippen LogP contribution in [0.4, 0.5) is 10.5 Å². The Hall–Kier alpha value is -2.72. The molecule has 0 saturated carbocycles. The van der Waals surface area contributed by atoms with Gasteiger partial charge in [-0.05, 0) is 25.3 Å². The highest BCUT2D eigenvalue weighted by atomic mass is 16.8. The van der Waals surface area contributed by atoms with Crippen molar-refractivity contribution in [2.45, 2.75) is 31.9 Å². The lowest BCUT2D eigenvalue weighted by Crippen LogP contribution is -2.48. The standard InChI is InChI=1S/C16H21N2O8/c1-24-13-7-10(12(18(22)23)8-14(13)25-2)9-26-16(21)17-6-4-3-5-11(17)15(19)20/h7-8,11,22H,3-6,9H2,1-2H3,(H,19,20)/q-1. The molecule has 1 atom stereocenters. The summed E-state index contributed by atoms with van der Waals surface area (Å²) < 4.78 is 15.4. The molecular formula is C16H21N2O8-. The third-order valence-electron chi connectivity index (χ3n) is 4.16. The Kier molecular flexibility index (Phi) is 6.47. The van der Waals surface area contributed by atoms with Gasteiger partial charge in [0.25, 0.3) is 0 Å². The van der Waals surface area contributed by atoms with Gasteiger partial charge in [0, 0.05) is 18.2 Å². The normalized spacial score (nSPS) is 16.8. The van der Waals surface area contributed by atoms with E-state index >= 15 is 0 Å². The van der Waals surface area contributed by atoms with Crippen molar-refractivity contribution in [3.8, 4) is 11.5 Å². The Morgan fingerprint density at radius 1 is 1.27 bits per heavy atom. The summed E-state index contributed by atoms with van der Waals surface area (Å²) in [6.45, 7) is -0.0705. The zero-order chi connectivity index (χ0) is 19.3. The van der Waals surface area contributed by atoms with E-state index in [-0.39, 0.29) is 41.1 Å². The highest BCUT2D eigenvalue weighted by molar-refractivity contribution is 5.80. The Morgan fingerprint density at radius 2 is 1.92 bits per heavy atom. The number of carboxylic acid groups (broad SMARTS) is 1. The molecule has 1 aliphatic rings. The molecule has 2 rings (SSSR count). The predicted octanol–water partition coefficient (Wildman–Crippen LogP) is 1.97. The van der Waals surface area contributed by atoms with Gasteiger partial charge in [0.05, 0.1) is 19.9 Å². The van der Waals surface area contributed by atoms with Crippen LogP contribution < -0.4 is 14.7 Å². The van der Waals surface area contributed by atoms with E-state index in [2.05, 4.69) is 0 Å². The topological polar surface area (TPSA) is 132 Å². The maximum absolute atomic E-state index is 12.3. The fourth-order valence-corrected chi connectivity index (χ4v) is 2.83. The zero-order valence-corrected chi connectivity index (χ0v) is 14.5. The van der Waals surface area contributed by atoms with E-state index in [0.29, 0.717) is 12.8 Å². The number of benzene rings is 1. The number of likely N-dealkylation sites (tertiary alicyclic amines) is 1. The number of rotatable bonds is 6. The summed E-state index contributed by atoms with van der Waals surface area (Å²) in [5.41, 5.74) is 0.00117. The first-order valence-electron chi connectivity index (χ1n) is 7.96. The summed E-state index contributed by atoms with van der Waals surface area (Å²) >= 11 is 0. The third-order valence-corrected chi connectivity index (χ3v) is 4.16. The smallest absolute Gasteiger partial charge is 0.410 e. The van der Waals surface area contributed by atoms with Gasteiger partial charge in [-0.1, -0.05) is 0 Å². The molecule has 1 amide bonds. The number of hydrogen-bond acceptors (Lipinski definition) is 8. The van der Waals surface area contributed by atoms with Crippen molar-refractivity contribution in [3.05, 3.63) is 22.9 Å². The quantitative estimate of drug-likeness (QED) is 0.722. The second kappa shape index (κ2) is 8.59. The molecule has 2 N–H and O–H groups in total. The molecule has 1 unspecified atom stereocenters. The highest BCUT2D eigenvalue weighted by Gasteiger charge is 2.33. The second-order valence-electron chi connectivity index (χ2n) is 5.71. The SMILES string of the molecule is COc1cc(COC(=O)N2CCCCC2C(=O)O)c(N([O-])O)cc1OC. The molecular weight excluding hydrogens is 348 g/mol. The summed E-state index contributed by atoms with van der Waals surface area (Å²) in [5.74, 6) is -0.588. The van der Waals surface area contributed by atoms with E-state index < -0.39 is 18.1 Å². The summed E-state index contributed by atoms with van der Waals surface area (Å²) in [4.78, 5) is 24.7. The molecule has 10 nitrogen and oxygen atoms in total. The third kappa shape index (κ3) is 4.27. The van der Waals surface area contributed by atoms with E-state index in [9.17, 15) is 25.1 Å². The first-order chi connectivity index (χ1) is 12.4. The number of amides is 1. The van der Waals surface area contributed by atoms with Crippen LogP contribution in [0.2, 0.25) is 0 Å². The van der Waals surface area contributed by atoms with Crippen molar-refractivity contribution in [2.24, 2.45) is 0 Å². The minimum atomic E-state index is -1.09. The van der Waals surface area contributed by atoms with Crippen LogP contribution in [-0.4, -0.2) is 54.1 Å². The summed E-state index contributed by atoms with van der Waals surface area (Å²) in [6, 6.07) is 1.71. The summed E-state index contributed by atoms with van der Waals surface area (Å²) in [6.07, 6.45) is 0.965. The van der Waals surface area contributed by atoms with Crippen molar-refractivity contribution in [3.63, 3.8) is 0 Å². The van der Waals surface area contributed by atoms with Gasteiger partial charge in [0.15, 0.2) is 11.5 Å². The number of ether oxygens (including phenoxy) is 3. The van der Waals surface area contributed by atoms with Crippen molar-refractivity contribution in [1.82, 2.24) is 4.90 Å². The Morgan fingerprint density at radius 3 is 2.50 bits per heavy atom. The fourth-order valence-electron chi connectivity index (χ4n) is 2.83. The van der Waals surface area contributed by atoms with Gasteiger partial charge in [-0.2, -0.15) is 0 Å². The fraction of sp³-hybridized carbons (Fsp3) is 0.500. The lowest BCUT2D eigenvalue weighted by molar-refractivity contribution is -0.143. The molecule has 26 heavy (non-hydrogen) atoms. The van der Waals surface area contributed by atoms with E-state index in [4.69, 9.17) is 14.2 Å². The van der Waals surface area contributed by atoms with Gasteiger partial charge in [0.2, 0.25) is 0 Å². The lowest BCUT2D eigenvalue weighted by Gasteiger charge is -2.32. The van der Waals surface area contributed by atoms with Crippen LogP contribution in [-0.2, 0) is 16.1 Å². The zero-order valence-electron chi connectivity index (χ0n) is 14.5. The minimum absolute atomic E-state index is 0.177. The number of carboxylic acids is 1. The van der Waals surface area contributed by atoms with Crippen LogP contribution in [0.5, 0.6) is 11.5 Å². The monoisotopic (exact) mass is 369 g/mol. The molecule has 1 aromatic carbocycles. The van der Waals surface area contributed by atoms with Crippen LogP contribution >= 0.6 is 0 Å². The average molecular weight is 369 g/mol. The van der Waals surface area contributed by atoms with Crippen LogP contribution in [0.15, 0.2) is 12.1 Å². The van der Waals surface area contributed by atoms with Gasteiger partial charge in [0.1, 0.15) is 12.6 Å². The molecule has 0 radical (unpaired) electrons. The van der Waals surface area contributed by atoms with Crippen molar-refractivity contribution < 1.29 is 34.1 Å². The van der Waals surface area contributed by atoms with Gasteiger partial charge < -0.3 is 29.8 Å². The highest BCUT2D eigenvalue weighted by Crippen LogP contribution is 2.35. The number of hydrogen-bond donors (Lipinski definition) is 2. The minimum Gasteiger partial charge on any atom is -0.733 e. The molecule has 1 saturated heterocycles. The summed E-state index contributed by atoms with van der Waals surface area (Å²) in [5, 5.41) is 29.5. The van der Waals surface area contributed by atoms with Crippen molar-refractivity contribution >= 4 is 17.7 Å². The first kappa shape index (κ1) is 19.6. The van der Waals surface area contributed by atoms with Gasteiger partial charge in [-0.3, -0.25) is 10.1 Å². The molecule has 1 aromatic rings. The molecule has 0 aliphatic carbocycles. The Labute approximate surface area is 150 Å². The first-order valence-corrected chi connectivity index (χ1v) is 7.96. The van der Waals surface area contributed by atoms with E-state index in [1.165, 1.54) is 26.4 Å². The number of carbonyl (C=O) groups is 2. The second-order valence-corrected chi connectivity index (χ2v) is 5.71. The maximum Gasteiger partial charge on any atom is 0.410 e. The Balaban J connectivity index is 2.17. The van der Waals surface area contributed by atoms with E-state index in [0.717, 1.165) is 11.3 Å². The molecule has 1 fully saturated rings. The van der Waals surface area contributed by atoms with Crippen molar-refractivity contribution in [2.75, 3.05) is 26.0 Å².